The van der Waals surface area contributed by atoms with Gasteiger partial charge in [0.05, 0.1) is 0 Å². The van der Waals surface area contributed by atoms with Crippen LogP contribution in [0.15, 0.2) is 5.77 Å². The van der Waals surface area contributed by atoms with Gasteiger partial charge in [0.25, 0.3) is 0 Å². The fourth-order valence-electron chi connectivity index (χ4n) is 0.287. The van der Waals surface area contributed by atoms with Crippen molar-refractivity contribution in [2.75, 3.05) is 17.3 Å². The summed E-state index contributed by atoms with van der Waals surface area (Å²) < 4.78 is 28.8. The molecule has 0 aliphatic carbocycles. The fraction of sp³-hybridized carbons (Fsp3) is 0.750. The van der Waals surface area contributed by atoms with Gasteiger partial charge in [-0.1, -0.05) is 0 Å². The van der Waals surface area contributed by atoms with E-state index in [1.54, 1.807) is 0 Å². The summed E-state index contributed by atoms with van der Waals surface area (Å²) >= 11 is -1.06. The first-order valence-corrected chi connectivity index (χ1v) is 11.0. The summed E-state index contributed by atoms with van der Waals surface area (Å²) in [4.78, 5) is 10.3. The zero-order valence-corrected chi connectivity index (χ0v) is 13.1. The summed E-state index contributed by atoms with van der Waals surface area (Å²) in [5, 5.41) is 0. The molecular formula is C4H9N2OS2WY. The van der Waals surface area contributed by atoms with Crippen LogP contribution in [0.5, 0.6) is 0 Å². The van der Waals surface area contributed by atoms with Gasteiger partial charge in [-0.2, -0.15) is 0 Å². The van der Waals surface area contributed by atoms with E-state index in [4.69, 9.17) is 2.60 Å². The van der Waals surface area contributed by atoms with Crippen LogP contribution in [0.1, 0.15) is 1.37 Å². The molecule has 0 heterocycles. The number of rotatable bonds is 6. The van der Waals surface area contributed by atoms with Crippen molar-refractivity contribution in [3.63, 3.8) is 0 Å². The number of thioether (sulfide) groups is 1. The molecule has 1 atom stereocenters. The van der Waals surface area contributed by atoms with Gasteiger partial charge in [-0.05, 0) is 0 Å². The topological polar surface area (TPSA) is 41.8 Å². The van der Waals surface area contributed by atoms with Crippen LogP contribution in [0.25, 0.3) is 0 Å². The van der Waals surface area contributed by atoms with Crippen molar-refractivity contribution in [1.82, 2.24) is 0 Å². The van der Waals surface area contributed by atoms with Crippen molar-refractivity contribution in [2.45, 2.75) is 0 Å². The Kier molecular flexibility index (Phi) is 8.66. The molecule has 0 bridgehead atoms. The molecule has 1 unspecified atom stereocenters. The summed E-state index contributed by atoms with van der Waals surface area (Å²) in [6.07, 6.45) is -0.554. The Morgan fingerprint density at radius 3 is 3.82 bits per heavy atom. The van der Waals surface area contributed by atoms with E-state index >= 15 is 0 Å². The van der Waals surface area contributed by atoms with Gasteiger partial charge in [-0.15, -0.1) is 0 Å². The summed E-state index contributed by atoms with van der Waals surface area (Å²) in [5.74, 6) is 1.74. The van der Waals surface area contributed by atoms with Gasteiger partial charge < -0.3 is 0 Å². The van der Waals surface area contributed by atoms with Crippen LogP contribution in [0.3, 0.4) is 0 Å². The molecule has 0 aliphatic rings. The zero-order valence-electron chi connectivity index (χ0n) is 8.73. The Morgan fingerprint density at radius 1 is 2.18 bits per heavy atom. The third-order valence-electron chi connectivity index (χ3n) is 0.605. The second kappa shape index (κ2) is 11.8. The molecule has 0 aromatic carbocycles. The molecule has 11 heavy (non-hydrogen) atoms. The predicted octanol–water partition coefficient (Wildman–Crippen LogP) is 0.943. The number of nitrogens with zero attached hydrogens (tertiary/aromatic N) is 2. The molecule has 0 aromatic heterocycles. The predicted molar refractivity (Wildman–Crippen MR) is 43.5 cm³/mol. The van der Waals surface area contributed by atoms with Crippen molar-refractivity contribution in [3.8, 4) is 0 Å². The van der Waals surface area contributed by atoms with Crippen molar-refractivity contribution in [2.24, 2.45) is 5.77 Å². The molecule has 0 radical (unpaired) electrons. The van der Waals surface area contributed by atoms with Gasteiger partial charge in [0, 0.05) is 0 Å². The maximum absolute atomic E-state index is 10.3. The van der Waals surface area contributed by atoms with E-state index in [0.29, 0.717) is 0 Å². The van der Waals surface area contributed by atoms with Crippen molar-refractivity contribution in [3.05, 3.63) is 0 Å². The van der Waals surface area contributed by atoms with Crippen LogP contribution in [0, 0.1) is 0 Å². The molecule has 7 heteroatoms. The van der Waals surface area contributed by atoms with Gasteiger partial charge in [0.1, 0.15) is 0 Å². The molecule has 0 spiro atoms. The first kappa shape index (κ1) is 8.10. The van der Waals surface area contributed by atoms with Gasteiger partial charge in [0.15, 0.2) is 0 Å². The number of hydrogen-bond donors (Lipinski definition) is 1. The van der Waals surface area contributed by atoms with Crippen molar-refractivity contribution in [1.29, 1.82) is 1.22 Å². The molecule has 0 aromatic rings. The Morgan fingerprint density at radius 2 is 3.09 bits per heavy atom. The van der Waals surface area contributed by atoms with Crippen LogP contribution in [-0.2, 0) is 51.9 Å². The van der Waals surface area contributed by atoms with Gasteiger partial charge in [-0.3, -0.25) is 0 Å². The maximum atomic E-state index is 10.3. The molecule has 0 saturated carbocycles. The molecule has 0 aliphatic heterocycles. The number of hydrogen-bond acceptors (Lipinski definition) is 4. The number of aldehydes is 1. The Balaban J connectivity index is 3.68. The first-order chi connectivity index (χ1) is 6.66. The summed E-state index contributed by atoms with van der Waals surface area (Å²) in [7, 11) is -0.376. The number of thiol groups is 1. The van der Waals surface area contributed by atoms with E-state index in [0.717, 1.165) is 11.5 Å². The summed E-state index contributed by atoms with van der Waals surface area (Å²) in [5.41, 5.74) is 0. The molecule has 62 valence electrons. The van der Waals surface area contributed by atoms with E-state index in [2.05, 4.69) is 5.77 Å². The molecular weight excluding hydrogens is 429 g/mol. The Hall–Kier alpha value is 1.76. The van der Waals surface area contributed by atoms with Crippen LogP contribution < -0.4 is 0 Å². The second-order valence-electron chi connectivity index (χ2n) is 1.29. The minimum absolute atomic E-state index is 0.228. The van der Waals surface area contributed by atoms with Crippen molar-refractivity contribution < 1.29 is 53.3 Å². The molecule has 0 rings (SSSR count). The van der Waals surface area contributed by atoms with E-state index in [-0.39, 0.29) is 14.6 Å². The summed E-state index contributed by atoms with van der Waals surface area (Å²) in [6.45, 7) is 0. The van der Waals surface area contributed by atoms with Crippen LogP contribution in [-0.4, -0.2) is 24.7 Å². The fourth-order valence-corrected chi connectivity index (χ4v) is 7.67. The number of carbonyl (C=O) groups excluding carboxylic acids is 1. The van der Waals surface area contributed by atoms with E-state index in [1.165, 1.54) is 11.8 Å². The molecule has 0 amide bonds. The third-order valence-corrected chi connectivity index (χ3v) is 8.11. The molecule has 0 N–H and O–H groups in total. The molecule has 3 nitrogen and oxygen atoms in total. The van der Waals surface area contributed by atoms with E-state index < -0.39 is 53.4 Å². The third kappa shape index (κ3) is 11.8. The second-order valence-corrected chi connectivity index (χ2v) is 8.49. The SMILES string of the molecule is [2H][Y]=[N][N]=[W]=[S]([3H])CCSCC([2H])=O. The van der Waals surface area contributed by atoms with Gasteiger partial charge in [0.2, 0.25) is 0 Å². The van der Waals surface area contributed by atoms with Crippen LogP contribution in [0.4, 0.5) is 0 Å². The monoisotopic (exact) mass is 442 g/mol. The first-order valence-electron chi connectivity index (χ1n) is 4.22. The van der Waals surface area contributed by atoms with Crippen LogP contribution >= 0.6 is 20.6 Å². The quantitative estimate of drug-likeness (QED) is 0.288. The molecule has 0 fully saturated rings. The minimum atomic E-state index is -1.44. The normalized spacial score (nSPS) is 15.8. The number of carbonyl (C=O) groups is 1. The zero-order chi connectivity index (χ0) is 10.8. The Bertz CT molecular complexity index is 284. The van der Waals surface area contributed by atoms with Gasteiger partial charge >= 0.3 is 104 Å². The van der Waals surface area contributed by atoms with Gasteiger partial charge in [-0.25, -0.2) is 0 Å². The van der Waals surface area contributed by atoms with Crippen molar-refractivity contribution >= 4 is 26.9 Å². The standard InChI is InChI=1S/C4H8OS2.N2.W.Y.H/c5-1-3-7-4-2-6;1-2;;;/h1,6H,2-4H2;;;;/i1D;;;;1+1/hT. The van der Waals surface area contributed by atoms with E-state index in [1.807, 2.05) is 0 Å². The molecule has 0 saturated heterocycles. The van der Waals surface area contributed by atoms with E-state index in [9.17, 15) is 4.79 Å². The summed E-state index contributed by atoms with van der Waals surface area (Å²) in [6, 6.07) is 0. The van der Waals surface area contributed by atoms with Crippen LogP contribution in [0.2, 0.25) is 0 Å². The average molecular weight is 442 g/mol. The Labute approximate surface area is 103 Å². The average Bonchev–Trinajstić information content (AvgIpc) is 2.13.